The van der Waals surface area contributed by atoms with E-state index in [4.69, 9.17) is 9.47 Å². The number of amides is 1. The summed E-state index contributed by atoms with van der Waals surface area (Å²) in [6, 6.07) is 25.7. The van der Waals surface area contributed by atoms with Crippen LogP contribution in [0.15, 0.2) is 108 Å². The molecule has 0 spiro atoms. The van der Waals surface area contributed by atoms with E-state index in [9.17, 15) is 13.2 Å². The van der Waals surface area contributed by atoms with Gasteiger partial charge < -0.3 is 24.5 Å². The molecule has 1 amide bonds. The second-order valence-corrected chi connectivity index (χ2v) is 9.39. The van der Waals surface area contributed by atoms with Crippen LogP contribution in [0.1, 0.15) is 11.1 Å². The van der Waals surface area contributed by atoms with Gasteiger partial charge in [0.15, 0.2) is 11.5 Å². The molecule has 37 heavy (non-hydrogen) atoms. The zero-order valence-corrected chi connectivity index (χ0v) is 20.8. The predicted molar refractivity (Wildman–Crippen MR) is 142 cm³/mol. The number of hydrogen-bond donors (Lipinski definition) is 1. The number of sulfonamides is 1. The van der Waals surface area contributed by atoms with Crippen molar-refractivity contribution in [2.45, 2.75) is 11.5 Å². The summed E-state index contributed by atoms with van der Waals surface area (Å²) < 4.78 is 39.9. The van der Waals surface area contributed by atoms with E-state index in [1.165, 1.54) is 42.6 Å². The summed E-state index contributed by atoms with van der Waals surface area (Å²) >= 11 is 0. The number of carbonyl (C=O) groups is 1. The van der Waals surface area contributed by atoms with Gasteiger partial charge in [0.2, 0.25) is 15.9 Å². The smallest absolute Gasteiger partial charge is 0.248 e. The highest BCUT2D eigenvalue weighted by atomic mass is 32.2. The van der Waals surface area contributed by atoms with Gasteiger partial charge in [-0.25, -0.2) is 8.42 Å². The third kappa shape index (κ3) is 7.18. The minimum atomic E-state index is -3.92. The second-order valence-electron chi connectivity index (χ2n) is 7.79. The Morgan fingerprint density at radius 2 is 1.70 bits per heavy atom. The van der Waals surface area contributed by atoms with Gasteiger partial charge in [-0.1, -0.05) is 60.8 Å². The largest absolute Gasteiger partial charge is 0.493 e. The van der Waals surface area contributed by atoms with Crippen molar-refractivity contribution in [2.75, 3.05) is 12.4 Å². The first-order chi connectivity index (χ1) is 17.9. The van der Waals surface area contributed by atoms with Gasteiger partial charge in [-0.05, 0) is 59.4 Å². The van der Waals surface area contributed by atoms with E-state index in [0.717, 1.165) is 11.1 Å². The number of aromatic nitrogens is 1. The quantitative estimate of drug-likeness (QED) is 0.271. The SMILES string of the molecule is COc1cc(C=CC(=O)Nc2ccc(S(=O)(=O)[N-]c3ccccn3)cc2)ccc1OCc1ccccc1. The van der Waals surface area contributed by atoms with E-state index < -0.39 is 10.0 Å². The molecule has 1 heterocycles. The molecule has 0 aliphatic carbocycles. The van der Waals surface area contributed by atoms with Crippen LogP contribution in [0.3, 0.4) is 0 Å². The van der Waals surface area contributed by atoms with E-state index in [1.54, 1.807) is 37.5 Å². The average molecular weight is 515 g/mol. The van der Waals surface area contributed by atoms with Crippen molar-refractivity contribution in [1.29, 1.82) is 0 Å². The maximum Gasteiger partial charge on any atom is 0.248 e. The van der Waals surface area contributed by atoms with Crippen LogP contribution in [0.4, 0.5) is 11.5 Å². The van der Waals surface area contributed by atoms with Crippen LogP contribution in [-0.2, 0) is 21.4 Å². The van der Waals surface area contributed by atoms with Gasteiger partial charge >= 0.3 is 0 Å². The molecule has 0 aliphatic heterocycles. The molecule has 0 bridgehead atoms. The summed E-state index contributed by atoms with van der Waals surface area (Å²) in [5.41, 5.74) is 2.23. The van der Waals surface area contributed by atoms with Crippen molar-refractivity contribution in [3.63, 3.8) is 0 Å². The van der Waals surface area contributed by atoms with E-state index in [-0.39, 0.29) is 16.6 Å². The van der Waals surface area contributed by atoms with Crippen LogP contribution in [0, 0.1) is 0 Å². The lowest BCUT2D eigenvalue weighted by atomic mass is 10.2. The molecule has 1 aromatic heterocycles. The van der Waals surface area contributed by atoms with Crippen LogP contribution in [0.2, 0.25) is 0 Å². The molecule has 0 fully saturated rings. The summed E-state index contributed by atoms with van der Waals surface area (Å²) in [6.07, 6.45) is 4.48. The Balaban J connectivity index is 1.35. The van der Waals surface area contributed by atoms with Gasteiger partial charge in [0.25, 0.3) is 0 Å². The van der Waals surface area contributed by atoms with Crippen LogP contribution in [-0.4, -0.2) is 26.4 Å². The first kappa shape index (κ1) is 25.5. The van der Waals surface area contributed by atoms with Gasteiger partial charge in [0, 0.05) is 11.8 Å². The molecule has 9 heteroatoms. The maximum atomic E-state index is 12.5. The Hall–Kier alpha value is -4.63. The minimum Gasteiger partial charge on any atom is -0.493 e. The van der Waals surface area contributed by atoms with E-state index >= 15 is 0 Å². The predicted octanol–water partition coefficient (Wildman–Crippen LogP) is 5.72. The summed E-state index contributed by atoms with van der Waals surface area (Å²) in [4.78, 5) is 16.3. The molecule has 0 unspecified atom stereocenters. The van der Waals surface area contributed by atoms with E-state index in [1.807, 2.05) is 36.4 Å². The number of nitrogens with zero attached hydrogens (tertiary/aromatic N) is 2. The lowest BCUT2D eigenvalue weighted by molar-refractivity contribution is -0.111. The standard InChI is InChI=1S/C28H25N3O5S/c1-35-26-19-21(10-16-25(26)36-20-22-7-3-2-4-8-22)11-17-28(32)30-23-12-14-24(15-13-23)37(33,34)31-27-9-5-6-18-29-27/h2-19H,20H2,1H3,(H2,29,30,31,32)/p-1. The fourth-order valence-electron chi connectivity index (χ4n) is 3.29. The lowest BCUT2D eigenvalue weighted by Gasteiger charge is -2.15. The minimum absolute atomic E-state index is 0.00615. The number of benzene rings is 3. The van der Waals surface area contributed by atoms with Crippen molar-refractivity contribution in [3.05, 3.63) is 119 Å². The molecular formula is C28H24N3O5S-. The van der Waals surface area contributed by atoms with Gasteiger partial charge in [-0.2, -0.15) is 0 Å². The van der Waals surface area contributed by atoms with Crippen molar-refractivity contribution in [2.24, 2.45) is 0 Å². The highest BCUT2D eigenvalue weighted by molar-refractivity contribution is 7.94. The molecule has 188 valence electrons. The van der Waals surface area contributed by atoms with Gasteiger partial charge in [0.1, 0.15) is 6.61 Å². The third-order valence-electron chi connectivity index (χ3n) is 5.13. The Morgan fingerprint density at radius 3 is 2.41 bits per heavy atom. The monoisotopic (exact) mass is 514 g/mol. The highest BCUT2D eigenvalue weighted by Gasteiger charge is 2.10. The molecule has 0 saturated heterocycles. The summed E-state index contributed by atoms with van der Waals surface area (Å²) in [5.74, 6) is 0.860. The normalized spacial score (nSPS) is 11.2. The maximum absolute atomic E-state index is 12.5. The Bertz CT molecular complexity index is 1470. The van der Waals surface area contributed by atoms with Gasteiger partial charge in [0.05, 0.1) is 12.0 Å². The number of nitrogens with one attached hydrogen (secondary N) is 1. The summed E-state index contributed by atoms with van der Waals surface area (Å²) in [7, 11) is -2.37. The molecule has 4 aromatic rings. The molecule has 0 atom stereocenters. The zero-order chi connectivity index (χ0) is 26.1. The van der Waals surface area contributed by atoms with Crippen LogP contribution < -0.4 is 14.8 Å². The molecule has 0 saturated carbocycles. The van der Waals surface area contributed by atoms with Crippen molar-refractivity contribution in [1.82, 2.24) is 4.98 Å². The van der Waals surface area contributed by atoms with Gasteiger partial charge in [-0.3, -0.25) is 4.79 Å². The number of anilines is 1. The number of carbonyl (C=O) groups excluding carboxylic acids is 1. The molecule has 8 nitrogen and oxygen atoms in total. The molecule has 3 aromatic carbocycles. The average Bonchev–Trinajstić information content (AvgIpc) is 2.92. The van der Waals surface area contributed by atoms with Crippen molar-refractivity contribution in [3.8, 4) is 11.5 Å². The molecule has 1 N–H and O–H groups in total. The van der Waals surface area contributed by atoms with Crippen LogP contribution in [0.5, 0.6) is 11.5 Å². The number of ether oxygens (including phenoxy) is 2. The third-order valence-corrected chi connectivity index (χ3v) is 6.43. The lowest BCUT2D eigenvalue weighted by Crippen LogP contribution is -2.08. The first-order valence-electron chi connectivity index (χ1n) is 11.3. The van der Waals surface area contributed by atoms with Crippen molar-refractivity contribution >= 4 is 33.5 Å². The van der Waals surface area contributed by atoms with Crippen LogP contribution in [0.25, 0.3) is 10.8 Å². The highest BCUT2D eigenvalue weighted by Crippen LogP contribution is 2.29. The van der Waals surface area contributed by atoms with Gasteiger partial charge in [-0.15, -0.1) is 0 Å². The van der Waals surface area contributed by atoms with E-state index in [0.29, 0.717) is 23.8 Å². The summed E-state index contributed by atoms with van der Waals surface area (Å²) in [5, 5.41) is 2.70. The zero-order valence-electron chi connectivity index (χ0n) is 19.9. The summed E-state index contributed by atoms with van der Waals surface area (Å²) in [6.45, 7) is 0.409. The molecule has 0 aliphatic rings. The van der Waals surface area contributed by atoms with Crippen LogP contribution >= 0.6 is 0 Å². The molecular weight excluding hydrogens is 490 g/mol. The number of pyridine rings is 1. The topological polar surface area (TPSA) is 109 Å². The first-order valence-corrected chi connectivity index (χ1v) is 12.7. The fourth-order valence-corrected chi connectivity index (χ4v) is 4.23. The number of rotatable bonds is 10. The Kier molecular flexibility index (Phi) is 8.17. The Morgan fingerprint density at radius 1 is 0.946 bits per heavy atom. The van der Waals surface area contributed by atoms with E-state index in [2.05, 4.69) is 15.0 Å². The second kappa shape index (κ2) is 11.9. The number of methoxy groups -OCH3 is 1. The molecule has 4 rings (SSSR count). The number of hydrogen-bond acceptors (Lipinski definition) is 6. The molecule has 0 radical (unpaired) electrons. The van der Waals surface area contributed by atoms with Crippen molar-refractivity contribution < 1.29 is 22.7 Å². The Labute approximate surface area is 215 Å². The fraction of sp³-hybridized carbons (Fsp3) is 0.0714.